The number of nitro groups is 1. The molecule has 0 aliphatic rings. The van der Waals surface area contributed by atoms with Gasteiger partial charge >= 0.3 is 5.88 Å². The van der Waals surface area contributed by atoms with Crippen molar-refractivity contribution in [2.45, 2.75) is 0 Å². The number of hydrogen-bond donors (Lipinski definition) is 1. The minimum absolute atomic E-state index is 0.0697. The lowest BCUT2D eigenvalue weighted by atomic mass is 10.1. The summed E-state index contributed by atoms with van der Waals surface area (Å²) in [6, 6.07) is 6.77. The van der Waals surface area contributed by atoms with Crippen molar-refractivity contribution in [1.29, 1.82) is 0 Å². The first-order valence-electron chi connectivity index (χ1n) is 5.85. The second-order valence-electron chi connectivity index (χ2n) is 4.02. The lowest BCUT2D eigenvalue weighted by Gasteiger charge is -2.04. The number of carbonyl (C=O) groups excluding carboxylic acids is 1. The monoisotopic (exact) mass is 289 g/mol. The van der Waals surface area contributed by atoms with E-state index in [9.17, 15) is 20.0 Å². The fourth-order valence-corrected chi connectivity index (χ4v) is 1.61. The van der Waals surface area contributed by atoms with E-state index in [2.05, 4.69) is 0 Å². The average molecular weight is 289 g/mol. The van der Waals surface area contributed by atoms with Gasteiger partial charge in [0.2, 0.25) is 0 Å². The summed E-state index contributed by atoms with van der Waals surface area (Å²) in [5, 5.41) is 19.9. The Morgan fingerprint density at radius 2 is 2.14 bits per heavy atom. The maximum absolute atomic E-state index is 11.9. The number of carbonyl (C=O) groups is 1. The van der Waals surface area contributed by atoms with Crippen molar-refractivity contribution < 1.29 is 24.0 Å². The molecule has 1 aromatic carbocycles. The Morgan fingerprint density at radius 1 is 1.38 bits per heavy atom. The molecule has 21 heavy (non-hydrogen) atoms. The topological polar surface area (TPSA) is 103 Å². The molecule has 2 aromatic rings. The van der Waals surface area contributed by atoms with Crippen molar-refractivity contribution in [2.75, 3.05) is 7.11 Å². The maximum atomic E-state index is 11.9. The molecule has 108 valence electrons. The molecule has 7 heteroatoms. The number of ether oxygens (including phenoxy) is 1. The van der Waals surface area contributed by atoms with E-state index in [1.165, 1.54) is 49.6 Å². The summed E-state index contributed by atoms with van der Waals surface area (Å²) in [5.74, 6) is -0.441. The highest BCUT2D eigenvalue weighted by molar-refractivity contribution is 6.07. The smallest absolute Gasteiger partial charge is 0.433 e. The normalized spacial score (nSPS) is 10.7. The van der Waals surface area contributed by atoms with E-state index >= 15 is 0 Å². The second kappa shape index (κ2) is 5.91. The molecule has 0 amide bonds. The van der Waals surface area contributed by atoms with Crippen LogP contribution >= 0.6 is 0 Å². The number of methoxy groups -OCH3 is 1. The molecule has 0 aliphatic heterocycles. The van der Waals surface area contributed by atoms with Gasteiger partial charge in [-0.25, -0.2) is 0 Å². The van der Waals surface area contributed by atoms with Gasteiger partial charge < -0.3 is 14.3 Å². The number of rotatable bonds is 5. The zero-order chi connectivity index (χ0) is 15.4. The molecule has 0 fully saturated rings. The van der Waals surface area contributed by atoms with Crippen LogP contribution in [0.15, 0.2) is 40.8 Å². The summed E-state index contributed by atoms with van der Waals surface area (Å²) < 4.78 is 9.80. The first-order valence-corrected chi connectivity index (χ1v) is 5.85. The number of phenols is 1. The van der Waals surface area contributed by atoms with Crippen molar-refractivity contribution >= 4 is 17.7 Å². The van der Waals surface area contributed by atoms with E-state index in [4.69, 9.17) is 9.15 Å². The van der Waals surface area contributed by atoms with Gasteiger partial charge in [0.05, 0.1) is 13.2 Å². The Bertz CT molecular complexity index is 716. The number of ketones is 1. The van der Waals surface area contributed by atoms with Crippen LogP contribution in [0, 0.1) is 10.1 Å². The van der Waals surface area contributed by atoms with Gasteiger partial charge in [0.15, 0.2) is 17.3 Å². The van der Waals surface area contributed by atoms with Crippen LogP contribution in [0.2, 0.25) is 0 Å². The van der Waals surface area contributed by atoms with Gasteiger partial charge in [-0.1, -0.05) is 0 Å². The highest BCUT2D eigenvalue weighted by atomic mass is 16.6. The molecule has 0 spiro atoms. The van der Waals surface area contributed by atoms with E-state index in [-0.39, 0.29) is 23.0 Å². The van der Waals surface area contributed by atoms with Crippen molar-refractivity contribution in [2.24, 2.45) is 0 Å². The molecule has 1 N–H and O–H groups in total. The molecule has 1 aromatic heterocycles. The zero-order valence-corrected chi connectivity index (χ0v) is 11.0. The van der Waals surface area contributed by atoms with E-state index in [0.29, 0.717) is 5.56 Å². The third kappa shape index (κ3) is 3.27. The van der Waals surface area contributed by atoms with Crippen LogP contribution in [0.5, 0.6) is 11.5 Å². The van der Waals surface area contributed by atoms with E-state index < -0.39 is 10.8 Å². The van der Waals surface area contributed by atoms with Crippen LogP contribution < -0.4 is 4.74 Å². The molecular weight excluding hydrogens is 278 g/mol. The van der Waals surface area contributed by atoms with Gasteiger partial charge in [0.1, 0.15) is 10.7 Å². The Morgan fingerprint density at radius 3 is 2.76 bits per heavy atom. The van der Waals surface area contributed by atoms with Crippen molar-refractivity contribution in [3.63, 3.8) is 0 Å². The first-order chi connectivity index (χ1) is 10.0. The quantitative estimate of drug-likeness (QED) is 0.393. The largest absolute Gasteiger partial charge is 0.504 e. The number of aromatic hydroxyl groups is 1. The summed E-state index contributed by atoms with van der Waals surface area (Å²) in [6.45, 7) is 0. The fourth-order valence-electron chi connectivity index (χ4n) is 1.61. The van der Waals surface area contributed by atoms with E-state index in [1.54, 1.807) is 0 Å². The Labute approximate surface area is 119 Å². The van der Waals surface area contributed by atoms with Gasteiger partial charge in [-0.05, 0) is 36.4 Å². The highest BCUT2D eigenvalue weighted by Crippen LogP contribution is 2.26. The minimum atomic E-state index is -0.663. The third-order valence-electron chi connectivity index (χ3n) is 2.66. The highest BCUT2D eigenvalue weighted by Gasteiger charge is 2.11. The lowest BCUT2D eigenvalue weighted by molar-refractivity contribution is -0.402. The molecule has 0 bridgehead atoms. The fraction of sp³-hybridized carbons (Fsp3) is 0.0714. The number of benzene rings is 1. The second-order valence-corrected chi connectivity index (χ2v) is 4.02. The lowest BCUT2D eigenvalue weighted by Crippen LogP contribution is -1.95. The van der Waals surface area contributed by atoms with Gasteiger partial charge in [-0.3, -0.25) is 14.9 Å². The van der Waals surface area contributed by atoms with Crippen LogP contribution in [0.25, 0.3) is 6.08 Å². The van der Waals surface area contributed by atoms with E-state index in [1.807, 2.05) is 0 Å². The SMILES string of the molecule is COc1cc(C(=O)/C=C/c2ccc([N+](=O)[O-])o2)ccc1O. The van der Waals surface area contributed by atoms with Crippen LogP contribution in [0.3, 0.4) is 0 Å². The first kappa shape index (κ1) is 14.3. The predicted octanol–water partition coefficient (Wildman–Crippen LogP) is 2.80. The number of nitrogens with zero attached hydrogens (tertiary/aromatic N) is 1. The molecule has 0 saturated heterocycles. The molecule has 0 saturated carbocycles. The molecular formula is C14H11NO6. The molecule has 0 radical (unpaired) electrons. The van der Waals surface area contributed by atoms with Crippen LogP contribution in [0.4, 0.5) is 5.88 Å². The molecule has 7 nitrogen and oxygen atoms in total. The molecule has 1 heterocycles. The van der Waals surface area contributed by atoms with Crippen molar-refractivity contribution in [1.82, 2.24) is 0 Å². The molecule has 0 atom stereocenters. The zero-order valence-electron chi connectivity index (χ0n) is 11.0. The van der Waals surface area contributed by atoms with Crippen LogP contribution in [0.1, 0.15) is 16.1 Å². The van der Waals surface area contributed by atoms with Gasteiger partial charge in [-0.15, -0.1) is 0 Å². The van der Waals surface area contributed by atoms with Crippen LogP contribution in [-0.2, 0) is 0 Å². The Hall–Kier alpha value is -3.09. The Kier molecular flexibility index (Phi) is 4.03. The average Bonchev–Trinajstić information content (AvgIpc) is 2.94. The molecule has 0 aliphatic carbocycles. The standard InChI is InChI=1S/C14H11NO6/c1-20-13-8-9(2-5-12(13)17)11(16)6-3-10-4-7-14(21-10)15(18)19/h2-8,17H,1H3/b6-3+. The third-order valence-corrected chi connectivity index (χ3v) is 2.66. The van der Waals surface area contributed by atoms with Gasteiger partial charge in [0, 0.05) is 5.56 Å². The van der Waals surface area contributed by atoms with E-state index in [0.717, 1.165) is 0 Å². The summed E-state index contributed by atoms with van der Waals surface area (Å²) in [7, 11) is 1.38. The van der Waals surface area contributed by atoms with Crippen LogP contribution in [-0.4, -0.2) is 22.9 Å². The van der Waals surface area contributed by atoms with Gasteiger partial charge in [-0.2, -0.15) is 0 Å². The predicted molar refractivity (Wildman–Crippen MR) is 73.4 cm³/mol. The summed E-state index contributed by atoms with van der Waals surface area (Å²) in [4.78, 5) is 21.7. The maximum Gasteiger partial charge on any atom is 0.433 e. The molecule has 2 rings (SSSR count). The van der Waals surface area contributed by atoms with Gasteiger partial charge in [0.25, 0.3) is 0 Å². The summed E-state index contributed by atoms with van der Waals surface area (Å²) >= 11 is 0. The molecule has 0 unspecified atom stereocenters. The summed E-state index contributed by atoms with van der Waals surface area (Å²) in [6.07, 6.45) is 2.54. The minimum Gasteiger partial charge on any atom is -0.504 e. The summed E-state index contributed by atoms with van der Waals surface area (Å²) in [5.41, 5.74) is 0.307. The Balaban J connectivity index is 2.16. The van der Waals surface area contributed by atoms with Crippen molar-refractivity contribution in [3.05, 3.63) is 57.8 Å². The number of phenolic OH excluding ortho intramolecular Hbond substituents is 1. The number of hydrogen-bond acceptors (Lipinski definition) is 6. The van der Waals surface area contributed by atoms with Crippen molar-refractivity contribution in [3.8, 4) is 11.5 Å². The number of furan rings is 1. The number of allylic oxidation sites excluding steroid dienone is 1.